The van der Waals surface area contributed by atoms with Crippen LogP contribution in [0.1, 0.15) is 50.5 Å². The number of carbonyl (C=O) groups excluding carboxylic acids is 1. The van der Waals surface area contributed by atoms with Gasteiger partial charge in [0, 0.05) is 19.6 Å². The molecule has 0 radical (unpaired) electrons. The van der Waals surface area contributed by atoms with Crippen molar-refractivity contribution in [3.05, 3.63) is 17.8 Å². The van der Waals surface area contributed by atoms with E-state index in [9.17, 15) is 4.79 Å². The summed E-state index contributed by atoms with van der Waals surface area (Å²) in [6.07, 6.45) is 3.08. The number of rotatable bonds is 7. The van der Waals surface area contributed by atoms with E-state index in [1.165, 1.54) is 0 Å². The third kappa shape index (κ3) is 4.50. The van der Waals surface area contributed by atoms with Gasteiger partial charge >= 0.3 is 0 Å². The second-order valence-corrected chi connectivity index (χ2v) is 4.78. The van der Waals surface area contributed by atoms with Crippen molar-refractivity contribution >= 4 is 11.7 Å². The zero-order valence-corrected chi connectivity index (χ0v) is 12.3. The Kier molecular flexibility index (Phi) is 6.25. The number of nitrogens with zero attached hydrogens (tertiary/aromatic N) is 3. The first kappa shape index (κ1) is 15.4. The molecule has 1 amide bonds. The lowest BCUT2D eigenvalue weighted by Gasteiger charge is -2.24. The average molecular weight is 264 g/mol. The Hall–Kier alpha value is -1.65. The molecule has 1 atom stereocenters. The fourth-order valence-corrected chi connectivity index (χ4v) is 1.79. The first-order valence-corrected chi connectivity index (χ1v) is 6.94. The lowest BCUT2D eigenvalue weighted by Crippen LogP contribution is -2.35. The highest BCUT2D eigenvalue weighted by Gasteiger charge is 2.18. The van der Waals surface area contributed by atoms with Crippen LogP contribution in [0.2, 0.25) is 0 Å². The molecule has 1 heterocycles. The minimum Gasteiger partial charge on any atom is -0.369 e. The van der Waals surface area contributed by atoms with E-state index in [1.807, 2.05) is 14.0 Å². The Balaban J connectivity index is 2.66. The van der Waals surface area contributed by atoms with Gasteiger partial charge in [0.1, 0.15) is 5.82 Å². The molecule has 0 fully saturated rings. The summed E-state index contributed by atoms with van der Waals surface area (Å²) in [5.74, 6) is 0.637. The number of hydrogen-bond donors (Lipinski definition) is 1. The van der Waals surface area contributed by atoms with E-state index >= 15 is 0 Å². The molecule has 0 bridgehead atoms. The van der Waals surface area contributed by atoms with Gasteiger partial charge in [-0.3, -0.25) is 4.79 Å². The van der Waals surface area contributed by atoms with Crippen molar-refractivity contribution in [1.29, 1.82) is 0 Å². The SMILES string of the molecule is CCCNc1ccc(C(=O)N(C)C(C)CCC)nn1. The Labute approximate surface area is 115 Å². The van der Waals surface area contributed by atoms with Gasteiger partial charge in [0.15, 0.2) is 5.69 Å². The summed E-state index contributed by atoms with van der Waals surface area (Å²) in [5.41, 5.74) is 0.396. The summed E-state index contributed by atoms with van der Waals surface area (Å²) in [6, 6.07) is 3.74. The normalized spacial score (nSPS) is 12.0. The zero-order valence-electron chi connectivity index (χ0n) is 12.3. The third-order valence-electron chi connectivity index (χ3n) is 3.13. The van der Waals surface area contributed by atoms with Crippen molar-refractivity contribution in [1.82, 2.24) is 15.1 Å². The molecule has 0 spiro atoms. The fourth-order valence-electron chi connectivity index (χ4n) is 1.79. The predicted molar refractivity (Wildman–Crippen MR) is 77.3 cm³/mol. The fraction of sp³-hybridized carbons (Fsp3) is 0.643. The van der Waals surface area contributed by atoms with E-state index < -0.39 is 0 Å². The molecule has 0 saturated heterocycles. The maximum Gasteiger partial charge on any atom is 0.274 e. The largest absolute Gasteiger partial charge is 0.369 e. The Morgan fingerprint density at radius 1 is 1.32 bits per heavy atom. The Morgan fingerprint density at radius 3 is 2.58 bits per heavy atom. The van der Waals surface area contributed by atoms with Crippen LogP contribution in [0.5, 0.6) is 0 Å². The van der Waals surface area contributed by atoms with E-state index in [0.29, 0.717) is 11.5 Å². The quantitative estimate of drug-likeness (QED) is 0.822. The lowest BCUT2D eigenvalue weighted by atomic mass is 10.1. The van der Waals surface area contributed by atoms with E-state index in [-0.39, 0.29) is 11.9 Å². The minimum atomic E-state index is -0.0736. The van der Waals surface area contributed by atoms with Gasteiger partial charge in [-0.1, -0.05) is 20.3 Å². The number of amides is 1. The van der Waals surface area contributed by atoms with Crippen LogP contribution in [-0.2, 0) is 0 Å². The monoisotopic (exact) mass is 264 g/mol. The van der Waals surface area contributed by atoms with Crippen LogP contribution in [0, 0.1) is 0 Å². The smallest absolute Gasteiger partial charge is 0.274 e. The summed E-state index contributed by atoms with van der Waals surface area (Å²) in [5, 5.41) is 11.1. The molecule has 1 N–H and O–H groups in total. The van der Waals surface area contributed by atoms with Crippen molar-refractivity contribution in [2.24, 2.45) is 0 Å². The van der Waals surface area contributed by atoms with Crippen LogP contribution >= 0.6 is 0 Å². The van der Waals surface area contributed by atoms with Gasteiger partial charge < -0.3 is 10.2 Å². The molecule has 1 unspecified atom stereocenters. The van der Waals surface area contributed by atoms with Gasteiger partial charge in [-0.25, -0.2) is 0 Å². The number of nitrogens with one attached hydrogen (secondary N) is 1. The molecule has 1 aromatic rings. The number of anilines is 1. The molecule has 0 saturated carbocycles. The van der Waals surface area contributed by atoms with Crippen LogP contribution in [0.25, 0.3) is 0 Å². The Bertz CT molecular complexity index is 391. The average Bonchev–Trinajstić information content (AvgIpc) is 2.44. The van der Waals surface area contributed by atoms with Gasteiger partial charge in [-0.15, -0.1) is 10.2 Å². The van der Waals surface area contributed by atoms with Crippen LogP contribution in [0.3, 0.4) is 0 Å². The molecule has 106 valence electrons. The topological polar surface area (TPSA) is 58.1 Å². The third-order valence-corrected chi connectivity index (χ3v) is 3.13. The molecule has 19 heavy (non-hydrogen) atoms. The summed E-state index contributed by atoms with van der Waals surface area (Å²) in [4.78, 5) is 13.9. The van der Waals surface area contributed by atoms with Crippen molar-refractivity contribution in [3.63, 3.8) is 0 Å². The van der Waals surface area contributed by atoms with E-state index in [2.05, 4.69) is 29.4 Å². The minimum absolute atomic E-state index is 0.0736. The van der Waals surface area contributed by atoms with Crippen molar-refractivity contribution in [3.8, 4) is 0 Å². The first-order valence-electron chi connectivity index (χ1n) is 6.94. The lowest BCUT2D eigenvalue weighted by molar-refractivity contribution is 0.0729. The molecule has 0 aromatic carbocycles. The van der Waals surface area contributed by atoms with Gasteiger partial charge in [-0.2, -0.15) is 0 Å². The highest BCUT2D eigenvalue weighted by atomic mass is 16.2. The highest BCUT2D eigenvalue weighted by Crippen LogP contribution is 2.09. The van der Waals surface area contributed by atoms with Crippen molar-refractivity contribution in [2.75, 3.05) is 18.9 Å². The number of hydrogen-bond acceptors (Lipinski definition) is 4. The van der Waals surface area contributed by atoms with Crippen LogP contribution in [0.15, 0.2) is 12.1 Å². The molecule has 5 heteroatoms. The maximum absolute atomic E-state index is 12.2. The predicted octanol–water partition coefficient (Wildman–Crippen LogP) is 2.56. The van der Waals surface area contributed by atoms with Gasteiger partial charge in [0.25, 0.3) is 5.91 Å². The van der Waals surface area contributed by atoms with Crippen LogP contribution in [-0.4, -0.2) is 40.6 Å². The maximum atomic E-state index is 12.2. The van der Waals surface area contributed by atoms with Crippen molar-refractivity contribution < 1.29 is 4.79 Å². The second-order valence-electron chi connectivity index (χ2n) is 4.78. The first-order chi connectivity index (χ1) is 9.10. The van der Waals surface area contributed by atoms with E-state index in [1.54, 1.807) is 17.0 Å². The van der Waals surface area contributed by atoms with Gasteiger partial charge in [0.05, 0.1) is 0 Å². The summed E-state index contributed by atoms with van der Waals surface area (Å²) in [7, 11) is 1.81. The molecule has 1 rings (SSSR count). The number of aromatic nitrogens is 2. The van der Waals surface area contributed by atoms with Crippen molar-refractivity contribution in [2.45, 2.75) is 46.1 Å². The highest BCUT2D eigenvalue weighted by molar-refractivity contribution is 5.92. The summed E-state index contributed by atoms with van der Waals surface area (Å²) < 4.78 is 0. The zero-order chi connectivity index (χ0) is 14.3. The number of carbonyl (C=O) groups is 1. The standard InChI is InChI=1S/C14H24N4O/c1-5-7-11(3)18(4)14(19)12-8-9-13(17-16-12)15-10-6-2/h8-9,11H,5-7,10H2,1-4H3,(H,15,17). The van der Waals surface area contributed by atoms with Crippen LogP contribution in [0.4, 0.5) is 5.82 Å². The molecular formula is C14H24N4O. The molecule has 1 aromatic heterocycles. The summed E-state index contributed by atoms with van der Waals surface area (Å²) in [6.45, 7) is 7.10. The molecule has 5 nitrogen and oxygen atoms in total. The van der Waals surface area contributed by atoms with Gasteiger partial charge in [-0.05, 0) is 31.9 Å². The van der Waals surface area contributed by atoms with E-state index in [4.69, 9.17) is 0 Å². The second kappa shape index (κ2) is 7.71. The molecular weight excluding hydrogens is 240 g/mol. The van der Waals surface area contributed by atoms with Crippen LogP contribution < -0.4 is 5.32 Å². The Morgan fingerprint density at radius 2 is 2.05 bits per heavy atom. The molecule has 0 aliphatic rings. The van der Waals surface area contributed by atoms with Gasteiger partial charge in [0.2, 0.25) is 0 Å². The summed E-state index contributed by atoms with van der Waals surface area (Å²) >= 11 is 0. The molecule has 0 aliphatic heterocycles. The van der Waals surface area contributed by atoms with E-state index in [0.717, 1.165) is 25.8 Å². The molecule has 0 aliphatic carbocycles.